The van der Waals surface area contributed by atoms with Gasteiger partial charge in [0.25, 0.3) is 11.8 Å². The first-order valence-electron chi connectivity index (χ1n) is 13.3. The van der Waals surface area contributed by atoms with Crippen LogP contribution in [0.5, 0.6) is 5.75 Å². The molecule has 2 aliphatic rings. The van der Waals surface area contributed by atoms with E-state index in [1.54, 1.807) is 31.4 Å². The maximum Gasteiger partial charge on any atom is 0.273 e. The Hall–Kier alpha value is -4.25. The first kappa shape index (κ1) is 26.4. The fourth-order valence-corrected chi connectivity index (χ4v) is 5.12. The second kappa shape index (κ2) is 12.1. The van der Waals surface area contributed by atoms with E-state index in [-0.39, 0.29) is 23.5 Å². The van der Waals surface area contributed by atoms with Crippen molar-refractivity contribution < 1.29 is 14.3 Å². The van der Waals surface area contributed by atoms with E-state index in [9.17, 15) is 9.59 Å². The first-order valence-corrected chi connectivity index (χ1v) is 13.3. The highest BCUT2D eigenvalue weighted by atomic mass is 16.5. The summed E-state index contributed by atoms with van der Waals surface area (Å²) < 4.78 is 5.17. The SMILES string of the molecule is COc1ccc(C(=O)N[C@@H]2CCCN(c3nnc(C(N)=O)c(Nc4ccc(C5CCNCC5)cc4)n3)C2)cc1. The van der Waals surface area contributed by atoms with Crippen molar-refractivity contribution in [3.05, 3.63) is 65.4 Å². The van der Waals surface area contributed by atoms with Gasteiger partial charge in [-0.3, -0.25) is 9.59 Å². The van der Waals surface area contributed by atoms with Gasteiger partial charge in [0.2, 0.25) is 5.95 Å². The van der Waals surface area contributed by atoms with Crippen LogP contribution in [-0.2, 0) is 0 Å². The van der Waals surface area contributed by atoms with Crippen molar-refractivity contribution in [2.24, 2.45) is 5.73 Å². The Morgan fingerprint density at radius 3 is 2.46 bits per heavy atom. The molecule has 2 aromatic carbocycles. The fraction of sp³-hybridized carbons (Fsp3) is 0.393. The number of nitrogens with zero attached hydrogens (tertiary/aromatic N) is 4. The number of nitrogens with one attached hydrogen (secondary N) is 3. The van der Waals surface area contributed by atoms with Crippen LogP contribution < -0.4 is 31.3 Å². The monoisotopic (exact) mass is 530 g/mol. The molecular formula is C28H34N8O3. The second-order valence-electron chi connectivity index (χ2n) is 9.93. The van der Waals surface area contributed by atoms with Gasteiger partial charge in [-0.1, -0.05) is 12.1 Å². The number of carbonyl (C=O) groups excluding carboxylic acids is 2. The number of anilines is 3. The minimum Gasteiger partial charge on any atom is -0.497 e. The molecule has 0 bridgehead atoms. The highest BCUT2D eigenvalue weighted by molar-refractivity contribution is 5.96. The summed E-state index contributed by atoms with van der Waals surface area (Å²) in [4.78, 5) is 31.4. The van der Waals surface area contributed by atoms with Crippen molar-refractivity contribution >= 4 is 29.3 Å². The van der Waals surface area contributed by atoms with Gasteiger partial charge in [0, 0.05) is 30.4 Å². The van der Waals surface area contributed by atoms with E-state index < -0.39 is 5.91 Å². The number of hydrogen-bond donors (Lipinski definition) is 4. The van der Waals surface area contributed by atoms with Crippen LogP contribution in [-0.4, -0.2) is 66.3 Å². The van der Waals surface area contributed by atoms with E-state index in [1.807, 2.05) is 17.0 Å². The Bertz CT molecular complexity index is 1290. The largest absolute Gasteiger partial charge is 0.497 e. The number of benzene rings is 2. The molecule has 3 aromatic rings. The Labute approximate surface area is 227 Å². The first-order chi connectivity index (χ1) is 19.0. The predicted molar refractivity (Wildman–Crippen MR) is 149 cm³/mol. The fourth-order valence-electron chi connectivity index (χ4n) is 5.12. The average molecular weight is 531 g/mol. The van der Waals surface area contributed by atoms with Gasteiger partial charge in [-0.15, -0.1) is 10.2 Å². The van der Waals surface area contributed by atoms with Gasteiger partial charge >= 0.3 is 0 Å². The molecule has 5 N–H and O–H groups in total. The zero-order valence-electron chi connectivity index (χ0n) is 22.0. The van der Waals surface area contributed by atoms with Gasteiger partial charge in [-0.25, -0.2) is 0 Å². The maximum absolute atomic E-state index is 12.8. The van der Waals surface area contributed by atoms with Crippen molar-refractivity contribution in [3.8, 4) is 5.75 Å². The Balaban J connectivity index is 1.28. The van der Waals surface area contributed by atoms with Crippen LogP contribution in [0.3, 0.4) is 0 Å². The van der Waals surface area contributed by atoms with Gasteiger partial charge < -0.3 is 31.3 Å². The molecule has 204 valence electrons. The van der Waals surface area contributed by atoms with Gasteiger partial charge in [-0.05, 0) is 86.7 Å². The van der Waals surface area contributed by atoms with Crippen molar-refractivity contribution in [2.75, 3.05) is 43.5 Å². The van der Waals surface area contributed by atoms with E-state index >= 15 is 0 Å². The lowest BCUT2D eigenvalue weighted by Crippen LogP contribution is -2.48. The summed E-state index contributed by atoms with van der Waals surface area (Å²) in [6.45, 7) is 3.29. The third-order valence-electron chi connectivity index (χ3n) is 7.28. The van der Waals surface area contributed by atoms with Crippen LogP contribution in [0.2, 0.25) is 0 Å². The molecule has 11 heteroatoms. The van der Waals surface area contributed by atoms with Crippen LogP contribution >= 0.6 is 0 Å². The molecule has 5 rings (SSSR count). The molecule has 0 saturated carbocycles. The Kier molecular flexibility index (Phi) is 8.16. The molecule has 0 radical (unpaired) electrons. The van der Waals surface area contributed by atoms with E-state index in [1.165, 1.54) is 5.56 Å². The quantitative estimate of drug-likeness (QED) is 0.345. The lowest BCUT2D eigenvalue weighted by atomic mass is 9.90. The Morgan fingerprint density at radius 1 is 1.03 bits per heavy atom. The smallest absolute Gasteiger partial charge is 0.273 e. The molecule has 0 spiro atoms. The molecule has 2 aliphatic heterocycles. The zero-order valence-corrected chi connectivity index (χ0v) is 22.0. The maximum atomic E-state index is 12.8. The average Bonchev–Trinajstić information content (AvgIpc) is 2.98. The second-order valence-corrected chi connectivity index (χ2v) is 9.93. The lowest BCUT2D eigenvalue weighted by Gasteiger charge is -2.33. The van der Waals surface area contributed by atoms with Crippen molar-refractivity contribution in [1.29, 1.82) is 0 Å². The highest BCUT2D eigenvalue weighted by Gasteiger charge is 2.25. The molecule has 1 atom stereocenters. The summed E-state index contributed by atoms with van der Waals surface area (Å²) in [7, 11) is 1.59. The number of piperidine rings is 2. The van der Waals surface area contributed by atoms with E-state index in [0.717, 1.165) is 44.5 Å². The zero-order chi connectivity index (χ0) is 27.2. The number of ether oxygens (including phenoxy) is 1. The lowest BCUT2D eigenvalue weighted by molar-refractivity contribution is 0.0931. The van der Waals surface area contributed by atoms with Gasteiger partial charge in [0.1, 0.15) is 5.75 Å². The van der Waals surface area contributed by atoms with E-state index in [4.69, 9.17) is 10.5 Å². The minimum absolute atomic E-state index is 0.0254. The summed E-state index contributed by atoms with van der Waals surface area (Å²) in [6.07, 6.45) is 3.92. The molecule has 11 nitrogen and oxygen atoms in total. The molecule has 2 saturated heterocycles. The van der Waals surface area contributed by atoms with Gasteiger partial charge in [0.05, 0.1) is 7.11 Å². The number of carbonyl (C=O) groups is 2. The molecule has 2 fully saturated rings. The normalized spacial score (nSPS) is 17.9. The number of methoxy groups -OCH3 is 1. The molecule has 1 aromatic heterocycles. The molecule has 39 heavy (non-hydrogen) atoms. The number of primary amides is 1. The van der Waals surface area contributed by atoms with Crippen molar-refractivity contribution in [2.45, 2.75) is 37.6 Å². The standard InChI is InChI=1S/C28H34N8O3/c1-39-23-10-6-20(7-11-23)27(38)32-22-3-2-16-36(17-22)28-33-26(24(25(29)37)34-35-28)31-21-8-4-18(5-9-21)19-12-14-30-15-13-19/h4-11,19,22,30H,2-3,12-17H2,1H3,(H2,29,37)(H,32,38)(H,31,33,35)/t22-/m1/s1. The summed E-state index contributed by atoms with van der Waals surface area (Å²) in [5, 5.41) is 18.0. The van der Waals surface area contributed by atoms with Crippen LogP contribution in [0.15, 0.2) is 48.5 Å². The number of rotatable bonds is 8. The molecule has 0 aliphatic carbocycles. The van der Waals surface area contributed by atoms with Crippen LogP contribution in [0.25, 0.3) is 0 Å². The number of aromatic nitrogens is 3. The van der Waals surface area contributed by atoms with Crippen LogP contribution in [0, 0.1) is 0 Å². The van der Waals surface area contributed by atoms with Gasteiger partial charge in [0.15, 0.2) is 11.5 Å². The number of nitrogens with two attached hydrogens (primary N) is 1. The van der Waals surface area contributed by atoms with Crippen LogP contribution in [0.4, 0.5) is 17.5 Å². The topological polar surface area (TPSA) is 147 Å². The summed E-state index contributed by atoms with van der Waals surface area (Å²) in [5.74, 6) is 1.01. The Morgan fingerprint density at radius 2 is 1.77 bits per heavy atom. The molecule has 2 amide bonds. The number of hydrogen-bond acceptors (Lipinski definition) is 9. The highest BCUT2D eigenvalue weighted by Crippen LogP contribution is 2.28. The third-order valence-corrected chi connectivity index (χ3v) is 7.28. The van der Waals surface area contributed by atoms with E-state index in [2.05, 4.69) is 43.3 Å². The summed E-state index contributed by atoms with van der Waals surface area (Å²) >= 11 is 0. The van der Waals surface area contributed by atoms with Crippen molar-refractivity contribution in [3.63, 3.8) is 0 Å². The third kappa shape index (κ3) is 6.43. The molecule has 3 heterocycles. The van der Waals surface area contributed by atoms with Gasteiger partial charge in [-0.2, -0.15) is 4.98 Å². The summed E-state index contributed by atoms with van der Waals surface area (Å²) in [6, 6.07) is 15.1. The van der Waals surface area contributed by atoms with Crippen molar-refractivity contribution in [1.82, 2.24) is 25.8 Å². The molecular weight excluding hydrogens is 496 g/mol. The van der Waals surface area contributed by atoms with E-state index in [0.29, 0.717) is 36.3 Å². The predicted octanol–water partition coefficient (Wildman–Crippen LogP) is 2.59. The summed E-state index contributed by atoms with van der Waals surface area (Å²) in [5.41, 5.74) is 8.19. The number of amides is 2. The minimum atomic E-state index is -0.710. The molecule has 0 unspecified atom stereocenters. The van der Waals surface area contributed by atoms with Crippen LogP contribution in [0.1, 0.15) is 58.0 Å².